The maximum atomic E-state index is 12.0. The zero-order valence-electron chi connectivity index (χ0n) is 10.7. The molecule has 2 atom stereocenters. The number of hydrogen-bond donors (Lipinski definition) is 1. The van der Waals surface area contributed by atoms with E-state index in [1.165, 1.54) is 32.1 Å². The first-order valence-corrected chi connectivity index (χ1v) is 7.05. The molecule has 2 heterocycles. The third kappa shape index (κ3) is 1.85. The van der Waals surface area contributed by atoms with E-state index in [4.69, 9.17) is 0 Å². The number of urea groups is 1. The van der Waals surface area contributed by atoms with Gasteiger partial charge < -0.3 is 10.2 Å². The monoisotopic (exact) mass is 234 g/mol. The molecule has 3 heteroatoms. The molecule has 1 aliphatic carbocycles. The van der Waals surface area contributed by atoms with Crippen LogP contribution in [-0.2, 0) is 0 Å². The second-order valence-corrected chi connectivity index (χ2v) is 5.60. The largest absolute Gasteiger partial charge is 0.338 e. The van der Waals surface area contributed by atoms with E-state index in [1.54, 1.807) is 11.1 Å². The van der Waals surface area contributed by atoms with Crippen molar-refractivity contribution in [3.63, 3.8) is 0 Å². The van der Waals surface area contributed by atoms with Crippen LogP contribution in [0.15, 0.2) is 11.1 Å². The summed E-state index contributed by atoms with van der Waals surface area (Å²) in [6.07, 6.45) is 8.77. The highest BCUT2D eigenvalue weighted by Gasteiger charge is 2.41. The number of hydrogen-bond acceptors (Lipinski definition) is 1. The van der Waals surface area contributed by atoms with E-state index in [2.05, 4.69) is 10.2 Å². The van der Waals surface area contributed by atoms with Gasteiger partial charge in [-0.05, 0) is 51.9 Å². The van der Waals surface area contributed by atoms with Crippen LogP contribution in [0, 0.1) is 0 Å². The SMILES string of the molecule is CCNC(=O)N1C2CCC1CC(=C1CCC1)C2. The third-order valence-electron chi connectivity index (χ3n) is 4.60. The number of rotatable bonds is 1. The predicted molar refractivity (Wildman–Crippen MR) is 67.8 cm³/mol. The van der Waals surface area contributed by atoms with Crippen LogP contribution >= 0.6 is 0 Å². The summed E-state index contributed by atoms with van der Waals surface area (Å²) in [5, 5.41) is 2.96. The Hall–Kier alpha value is -0.990. The van der Waals surface area contributed by atoms with Crippen LogP contribution in [0.3, 0.4) is 0 Å². The van der Waals surface area contributed by atoms with Crippen molar-refractivity contribution in [2.75, 3.05) is 6.54 Å². The van der Waals surface area contributed by atoms with Crippen LogP contribution in [0.5, 0.6) is 0 Å². The highest BCUT2D eigenvalue weighted by molar-refractivity contribution is 5.75. The fourth-order valence-corrected chi connectivity index (χ4v) is 3.58. The first kappa shape index (κ1) is 11.1. The van der Waals surface area contributed by atoms with E-state index in [0.29, 0.717) is 12.1 Å². The molecule has 2 aliphatic heterocycles. The number of fused-ring (bicyclic) bond motifs is 2. The Balaban J connectivity index is 1.73. The molecule has 3 fully saturated rings. The summed E-state index contributed by atoms with van der Waals surface area (Å²) < 4.78 is 0. The average molecular weight is 234 g/mol. The van der Waals surface area contributed by atoms with Gasteiger partial charge in [-0.1, -0.05) is 11.1 Å². The molecule has 1 N–H and O–H groups in total. The van der Waals surface area contributed by atoms with Crippen molar-refractivity contribution in [2.45, 2.75) is 64.0 Å². The first-order valence-electron chi connectivity index (χ1n) is 7.05. The van der Waals surface area contributed by atoms with Crippen molar-refractivity contribution in [2.24, 2.45) is 0 Å². The van der Waals surface area contributed by atoms with Crippen molar-refractivity contribution >= 4 is 6.03 Å². The van der Waals surface area contributed by atoms with Crippen molar-refractivity contribution in [1.29, 1.82) is 0 Å². The van der Waals surface area contributed by atoms with Gasteiger partial charge in [0.25, 0.3) is 0 Å². The van der Waals surface area contributed by atoms with Gasteiger partial charge in [-0.2, -0.15) is 0 Å². The number of allylic oxidation sites excluding steroid dienone is 1. The van der Waals surface area contributed by atoms with Gasteiger partial charge in [-0.15, -0.1) is 0 Å². The fraction of sp³-hybridized carbons (Fsp3) is 0.786. The van der Waals surface area contributed by atoms with E-state index >= 15 is 0 Å². The smallest absolute Gasteiger partial charge is 0.317 e. The Morgan fingerprint density at radius 3 is 2.35 bits per heavy atom. The molecular weight excluding hydrogens is 212 g/mol. The molecule has 0 radical (unpaired) electrons. The molecular formula is C14H22N2O. The van der Waals surface area contributed by atoms with Crippen LogP contribution in [0.25, 0.3) is 0 Å². The topological polar surface area (TPSA) is 32.3 Å². The Morgan fingerprint density at radius 1 is 1.24 bits per heavy atom. The van der Waals surface area contributed by atoms with Gasteiger partial charge >= 0.3 is 6.03 Å². The summed E-state index contributed by atoms with van der Waals surface area (Å²) in [4.78, 5) is 14.1. The first-order chi connectivity index (χ1) is 8.29. The van der Waals surface area contributed by atoms with Gasteiger partial charge in [0.1, 0.15) is 0 Å². The zero-order valence-corrected chi connectivity index (χ0v) is 10.7. The second-order valence-electron chi connectivity index (χ2n) is 5.60. The Bertz CT molecular complexity index is 339. The minimum atomic E-state index is 0.164. The number of nitrogens with one attached hydrogen (secondary N) is 1. The molecule has 0 aromatic heterocycles. The van der Waals surface area contributed by atoms with Crippen molar-refractivity contribution in [3.05, 3.63) is 11.1 Å². The second kappa shape index (κ2) is 4.35. The van der Waals surface area contributed by atoms with Gasteiger partial charge in [-0.25, -0.2) is 4.79 Å². The number of piperidine rings is 1. The average Bonchev–Trinajstić information content (AvgIpc) is 2.49. The summed E-state index contributed by atoms with van der Waals surface area (Å²) in [6, 6.07) is 1.14. The quantitative estimate of drug-likeness (QED) is 0.695. The van der Waals surface area contributed by atoms with Gasteiger partial charge in [0.2, 0.25) is 0 Å². The fourth-order valence-electron chi connectivity index (χ4n) is 3.58. The van der Waals surface area contributed by atoms with Crippen LogP contribution in [0.4, 0.5) is 4.79 Å². The van der Waals surface area contributed by atoms with Crippen molar-refractivity contribution in [3.8, 4) is 0 Å². The van der Waals surface area contributed by atoms with Crippen LogP contribution < -0.4 is 5.32 Å². The summed E-state index contributed by atoms with van der Waals surface area (Å²) in [5.74, 6) is 0. The van der Waals surface area contributed by atoms with Gasteiger partial charge in [0, 0.05) is 18.6 Å². The molecule has 3 rings (SSSR count). The molecule has 1 saturated carbocycles. The summed E-state index contributed by atoms with van der Waals surface area (Å²) in [7, 11) is 0. The predicted octanol–water partition coefficient (Wildman–Crippen LogP) is 2.82. The Morgan fingerprint density at radius 2 is 1.88 bits per heavy atom. The van der Waals surface area contributed by atoms with E-state index in [9.17, 15) is 4.79 Å². The van der Waals surface area contributed by atoms with Gasteiger partial charge in [-0.3, -0.25) is 0 Å². The van der Waals surface area contributed by atoms with E-state index in [1.807, 2.05) is 6.92 Å². The van der Waals surface area contributed by atoms with Crippen LogP contribution in [0.1, 0.15) is 51.9 Å². The van der Waals surface area contributed by atoms with Gasteiger partial charge in [0.15, 0.2) is 0 Å². The lowest BCUT2D eigenvalue weighted by Crippen LogP contribution is -2.49. The summed E-state index contributed by atoms with van der Waals surface area (Å²) in [5.41, 5.74) is 3.42. The maximum Gasteiger partial charge on any atom is 0.317 e. The lowest BCUT2D eigenvalue weighted by atomic mass is 9.82. The molecule has 94 valence electrons. The minimum absolute atomic E-state index is 0.164. The van der Waals surface area contributed by atoms with Crippen molar-refractivity contribution in [1.82, 2.24) is 10.2 Å². The molecule has 2 unspecified atom stereocenters. The molecule has 0 aromatic rings. The molecule has 17 heavy (non-hydrogen) atoms. The normalized spacial score (nSPS) is 31.5. The number of carbonyl (C=O) groups is 1. The van der Waals surface area contributed by atoms with E-state index in [-0.39, 0.29) is 6.03 Å². The van der Waals surface area contributed by atoms with Crippen LogP contribution in [-0.4, -0.2) is 29.6 Å². The molecule has 3 aliphatic rings. The lowest BCUT2D eigenvalue weighted by Gasteiger charge is -2.38. The maximum absolute atomic E-state index is 12.0. The van der Waals surface area contributed by atoms with Crippen molar-refractivity contribution < 1.29 is 4.79 Å². The van der Waals surface area contributed by atoms with Gasteiger partial charge in [0.05, 0.1) is 0 Å². The molecule has 3 nitrogen and oxygen atoms in total. The zero-order chi connectivity index (χ0) is 11.8. The summed E-state index contributed by atoms with van der Waals surface area (Å²) >= 11 is 0. The van der Waals surface area contributed by atoms with E-state index in [0.717, 1.165) is 19.4 Å². The molecule has 2 amide bonds. The van der Waals surface area contributed by atoms with Crippen LogP contribution in [0.2, 0.25) is 0 Å². The number of nitrogens with zero attached hydrogens (tertiary/aromatic N) is 1. The molecule has 0 aromatic carbocycles. The highest BCUT2D eigenvalue weighted by Crippen LogP contribution is 2.42. The Labute approximate surface area is 103 Å². The lowest BCUT2D eigenvalue weighted by molar-refractivity contribution is 0.160. The standard InChI is InChI=1S/C14H22N2O/c1-2-15-14(17)16-12-6-7-13(16)9-11(8-12)10-4-3-5-10/h12-13H,2-9H2,1H3,(H,15,17). The summed E-state index contributed by atoms with van der Waals surface area (Å²) in [6.45, 7) is 2.73. The van der Waals surface area contributed by atoms with E-state index < -0.39 is 0 Å². The highest BCUT2D eigenvalue weighted by atomic mass is 16.2. The minimum Gasteiger partial charge on any atom is -0.338 e. The number of carbonyl (C=O) groups excluding carboxylic acids is 1. The Kier molecular flexibility index (Phi) is 2.85. The third-order valence-corrected chi connectivity index (χ3v) is 4.60. The molecule has 0 spiro atoms. The molecule has 2 bridgehead atoms. The molecule has 2 saturated heterocycles. The number of amides is 2.